The molecule has 0 aliphatic heterocycles. The van der Waals surface area contributed by atoms with Gasteiger partial charge in [0.2, 0.25) is 0 Å². The average Bonchev–Trinajstić information content (AvgIpc) is 2.51. The molecule has 9 heteroatoms. The number of alkyl halides is 3. The number of hydrogen-bond acceptors (Lipinski definition) is 5. The van der Waals surface area contributed by atoms with Crippen LogP contribution in [-0.4, -0.2) is 37.9 Å². The van der Waals surface area contributed by atoms with Gasteiger partial charge in [-0.15, -0.1) is 0 Å². The Bertz CT molecular complexity index is 586. The molecular formula is C15H23F3N2O3S. The quantitative estimate of drug-likeness (QED) is 0.643. The van der Waals surface area contributed by atoms with Gasteiger partial charge in [-0.3, -0.25) is 0 Å². The zero-order valence-corrected chi connectivity index (χ0v) is 14.7. The molecule has 0 aromatic carbocycles. The lowest BCUT2D eigenvalue weighted by molar-refractivity contribution is -0.130. The maximum Gasteiger partial charge on any atom is 0.390 e. The van der Waals surface area contributed by atoms with Crippen molar-refractivity contribution in [1.29, 1.82) is 5.26 Å². The molecule has 0 N–H and O–H groups in total. The molecule has 1 atom stereocenters. The molecule has 1 unspecified atom stereocenters. The summed E-state index contributed by atoms with van der Waals surface area (Å²) in [7, 11) is -2.80. The van der Waals surface area contributed by atoms with Gasteiger partial charge in [0.15, 0.2) is 14.6 Å². The summed E-state index contributed by atoms with van der Waals surface area (Å²) in [4.78, 5) is 4.70. The largest absolute Gasteiger partial charge is 0.399 e. The summed E-state index contributed by atoms with van der Waals surface area (Å²) in [5.74, 6) is -1.53. The summed E-state index contributed by atoms with van der Waals surface area (Å²) in [6.45, 7) is 1.73. The van der Waals surface area contributed by atoms with Crippen LogP contribution in [0.5, 0.6) is 0 Å². The fourth-order valence-electron chi connectivity index (χ4n) is 3.27. The number of nitrogens with zero attached hydrogens (tertiary/aromatic N) is 2. The van der Waals surface area contributed by atoms with Crippen LogP contribution in [0.4, 0.5) is 13.2 Å². The van der Waals surface area contributed by atoms with Crippen LogP contribution in [0.1, 0.15) is 51.9 Å². The van der Waals surface area contributed by atoms with Crippen LogP contribution in [0.25, 0.3) is 0 Å². The van der Waals surface area contributed by atoms with Gasteiger partial charge in [0, 0.05) is 0 Å². The summed E-state index contributed by atoms with van der Waals surface area (Å²) < 4.78 is 60.9. The highest BCUT2D eigenvalue weighted by atomic mass is 32.2. The molecule has 0 spiro atoms. The molecule has 0 radical (unpaired) electrons. The summed E-state index contributed by atoms with van der Waals surface area (Å²) in [5.41, 5.74) is 0.782. The smallest absolute Gasteiger partial charge is 0.390 e. The normalized spacial score (nSPS) is 21.7. The molecule has 0 heterocycles. The molecule has 0 amide bonds. The van der Waals surface area contributed by atoms with Crippen LogP contribution in [-0.2, 0) is 14.7 Å². The molecule has 1 saturated carbocycles. The second-order valence-electron chi connectivity index (χ2n) is 6.05. The first kappa shape index (κ1) is 20.7. The van der Waals surface area contributed by atoms with E-state index < -0.39 is 38.9 Å². The van der Waals surface area contributed by atoms with E-state index in [-0.39, 0.29) is 6.42 Å². The molecule has 24 heavy (non-hydrogen) atoms. The Morgan fingerprint density at radius 1 is 1.29 bits per heavy atom. The predicted octanol–water partition coefficient (Wildman–Crippen LogP) is 3.61. The Balaban J connectivity index is 3.07. The maximum absolute atomic E-state index is 12.6. The van der Waals surface area contributed by atoms with Crippen molar-refractivity contribution in [3.63, 3.8) is 0 Å². The molecule has 1 fully saturated rings. The van der Waals surface area contributed by atoms with E-state index in [2.05, 4.69) is 5.16 Å². The third kappa shape index (κ3) is 4.85. The first-order valence-corrected chi connectivity index (χ1v) is 9.56. The summed E-state index contributed by atoms with van der Waals surface area (Å²) in [6.07, 6.45) is -3.75. The first-order chi connectivity index (χ1) is 11.1. The topological polar surface area (TPSA) is 79.5 Å². The van der Waals surface area contributed by atoms with Gasteiger partial charge in [-0.1, -0.05) is 18.5 Å². The Kier molecular flexibility index (Phi) is 7.08. The standard InChI is InChI=1S/C15H23F3N2O3S/c1-3-8-14(11-19,24(21,22)10-9-15(16,17)18)12-4-6-13(7-5-12)20-23-2/h12H,3-10H2,1-2H3. The lowest BCUT2D eigenvalue weighted by Crippen LogP contribution is -2.47. The summed E-state index contributed by atoms with van der Waals surface area (Å²) in [5, 5.41) is 13.5. The molecule has 0 aromatic heterocycles. The van der Waals surface area contributed by atoms with E-state index in [0.717, 1.165) is 5.71 Å². The third-order valence-corrected chi connectivity index (χ3v) is 6.94. The molecule has 138 valence electrons. The van der Waals surface area contributed by atoms with Crippen molar-refractivity contribution in [1.82, 2.24) is 0 Å². The monoisotopic (exact) mass is 368 g/mol. The first-order valence-electron chi connectivity index (χ1n) is 7.91. The Labute approximate surface area is 140 Å². The van der Waals surface area contributed by atoms with Crippen molar-refractivity contribution in [3.8, 4) is 6.07 Å². The minimum absolute atomic E-state index is 0.0467. The molecule has 0 saturated heterocycles. The minimum atomic E-state index is -4.56. The molecular weight excluding hydrogens is 345 g/mol. The second-order valence-corrected chi connectivity index (χ2v) is 8.42. The Morgan fingerprint density at radius 2 is 1.88 bits per heavy atom. The van der Waals surface area contributed by atoms with E-state index in [1.165, 1.54) is 7.11 Å². The van der Waals surface area contributed by atoms with Gasteiger partial charge >= 0.3 is 6.18 Å². The number of hydrogen-bond donors (Lipinski definition) is 0. The van der Waals surface area contributed by atoms with Crippen LogP contribution < -0.4 is 0 Å². The Hall–Kier alpha value is -1.30. The SMILES string of the molecule is CCCC(C#N)(C1CCC(=NOC)CC1)S(=O)(=O)CCC(F)(F)F. The zero-order valence-electron chi connectivity index (χ0n) is 13.9. The highest BCUT2D eigenvalue weighted by molar-refractivity contribution is 7.93. The molecule has 0 aromatic rings. The van der Waals surface area contributed by atoms with Gasteiger partial charge in [0.1, 0.15) is 7.11 Å². The van der Waals surface area contributed by atoms with Gasteiger partial charge in [-0.25, -0.2) is 8.42 Å². The fourth-order valence-corrected chi connectivity index (χ4v) is 5.53. The number of oxime groups is 1. The van der Waals surface area contributed by atoms with Crippen molar-refractivity contribution in [2.45, 2.75) is 62.8 Å². The summed E-state index contributed by atoms with van der Waals surface area (Å²) in [6, 6.07) is 1.88. The van der Waals surface area contributed by atoms with E-state index in [1.807, 2.05) is 6.07 Å². The van der Waals surface area contributed by atoms with E-state index in [4.69, 9.17) is 4.84 Å². The minimum Gasteiger partial charge on any atom is -0.399 e. The maximum atomic E-state index is 12.6. The molecule has 0 bridgehead atoms. The zero-order chi connectivity index (χ0) is 18.4. The van der Waals surface area contributed by atoms with Gasteiger partial charge in [0.25, 0.3) is 0 Å². The van der Waals surface area contributed by atoms with E-state index >= 15 is 0 Å². The third-order valence-electron chi connectivity index (χ3n) is 4.46. The van der Waals surface area contributed by atoms with Crippen molar-refractivity contribution in [2.24, 2.45) is 11.1 Å². The summed E-state index contributed by atoms with van der Waals surface area (Å²) >= 11 is 0. The van der Waals surface area contributed by atoms with E-state index in [9.17, 15) is 26.9 Å². The van der Waals surface area contributed by atoms with Crippen molar-refractivity contribution < 1.29 is 26.4 Å². The average molecular weight is 368 g/mol. The fraction of sp³-hybridized carbons (Fsp3) is 0.867. The van der Waals surface area contributed by atoms with Crippen LogP contribution in [0.15, 0.2) is 5.16 Å². The van der Waals surface area contributed by atoms with Gasteiger partial charge in [-0.05, 0) is 38.0 Å². The number of halogens is 3. The Morgan fingerprint density at radius 3 is 2.29 bits per heavy atom. The van der Waals surface area contributed by atoms with Crippen molar-refractivity contribution in [2.75, 3.05) is 12.9 Å². The van der Waals surface area contributed by atoms with E-state index in [1.54, 1.807) is 6.92 Å². The molecule has 5 nitrogen and oxygen atoms in total. The van der Waals surface area contributed by atoms with Crippen LogP contribution >= 0.6 is 0 Å². The molecule has 1 rings (SSSR count). The van der Waals surface area contributed by atoms with Crippen LogP contribution in [0, 0.1) is 17.2 Å². The molecule has 1 aliphatic carbocycles. The van der Waals surface area contributed by atoms with Crippen molar-refractivity contribution in [3.05, 3.63) is 0 Å². The van der Waals surface area contributed by atoms with E-state index in [0.29, 0.717) is 32.1 Å². The van der Waals surface area contributed by atoms with Crippen molar-refractivity contribution >= 4 is 15.5 Å². The lowest BCUT2D eigenvalue weighted by Gasteiger charge is -2.37. The van der Waals surface area contributed by atoms with Crippen LogP contribution in [0.3, 0.4) is 0 Å². The highest BCUT2D eigenvalue weighted by Crippen LogP contribution is 2.41. The number of rotatable bonds is 7. The van der Waals surface area contributed by atoms with Gasteiger partial charge < -0.3 is 4.84 Å². The number of nitriles is 1. The molecule has 1 aliphatic rings. The second kappa shape index (κ2) is 8.19. The van der Waals surface area contributed by atoms with Crippen LogP contribution in [0.2, 0.25) is 0 Å². The lowest BCUT2D eigenvalue weighted by atomic mass is 9.77. The van der Waals surface area contributed by atoms with Gasteiger partial charge in [0.05, 0.1) is 24.0 Å². The predicted molar refractivity (Wildman–Crippen MR) is 84.1 cm³/mol. The highest BCUT2D eigenvalue weighted by Gasteiger charge is 2.51. The van der Waals surface area contributed by atoms with Gasteiger partial charge in [-0.2, -0.15) is 18.4 Å². The number of sulfone groups is 1.